The zero-order chi connectivity index (χ0) is 14.1. The van der Waals surface area contributed by atoms with Gasteiger partial charge in [0.1, 0.15) is 0 Å². The van der Waals surface area contributed by atoms with E-state index in [4.69, 9.17) is 17.5 Å². The van der Waals surface area contributed by atoms with Crippen LogP contribution in [0.15, 0.2) is 35.7 Å². The first-order valence-electron chi connectivity index (χ1n) is 5.93. The summed E-state index contributed by atoms with van der Waals surface area (Å²) in [5, 5.41) is 18.2. The monoisotopic (exact) mass is 298 g/mol. The molecule has 4 nitrogen and oxygen atoms in total. The second kappa shape index (κ2) is 5.04. The van der Waals surface area contributed by atoms with Crippen LogP contribution < -0.4 is 0 Å². The maximum atomic E-state index is 9.07. The summed E-state index contributed by atoms with van der Waals surface area (Å²) in [7, 11) is 0. The summed E-state index contributed by atoms with van der Waals surface area (Å²) in [6.07, 6.45) is 0. The van der Waals surface area contributed by atoms with Crippen molar-refractivity contribution in [3.05, 3.63) is 51.6 Å². The summed E-state index contributed by atoms with van der Waals surface area (Å²) in [5.74, 6) is 0.767. The number of nitrogens with zero attached hydrogens (tertiary/aromatic N) is 3. The predicted octanol–water partition coefficient (Wildman–Crippen LogP) is 3.84. The molecular weight excluding hydrogens is 288 g/mol. The van der Waals surface area contributed by atoms with Crippen LogP contribution in [-0.2, 0) is 0 Å². The normalized spacial score (nSPS) is 10.4. The van der Waals surface area contributed by atoms with Gasteiger partial charge in [0.25, 0.3) is 0 Å². The Hall–Kier alpha value is -2.23. The number of hydrogen-bond donors (Lipinski definition) is 1. The Morgan fingerprint density at radius 2 is 2.25 bits per heavy atom. The van der Waals surface area contributed by atoms with Crippen molar-refractivity contribution >= 4 is 23.6 Å². The molecule has 3 rings (SSSR count). The molecule has 0 aliphatic heterocycles. The standard InChI is InChI=1S/C14H10N4S2/c1-9-4-5-10(8-15)7-11(9)18-13(16-17-14(18)19)12-3-2-6-20-12/h2-7H,1H3,(H,17,19). The van der Waals surface area contributed by atoms with Crippen LogP contribution in [0, 0.1) is 23.0 Å². The van der Waals surface area contributed by atoms with Gasteiger partial charge in [0.2, 0.25) is 0 Å². The fraction of sp³-hybridized carbons (Fsp3) is 0.0714. The Bertz CT molecular complexity index is 850. The Kier molecular flexibility index (Phi) is 3.22. The van der Waals surface area contributed by atoms with E-state index in [0.717, 1.165) is 22.0 Å². The third kappa shape index (κ3) is 2.07. The van der Waals surface area contributed by atoms with E-state index in [1.165, 1.54) is 0 Å². The SMILES string of the molecule is Cc1ccc(C#N)cc1-n1c(-c2cccs2)n[nH]c1=S. The van der Waals surface area contributed by atoms with Crippen molar-refractivity contribution in [2.75, 3.05) is 0 Å². The smallest absolute Gasteiger partial charge is 0.200 e. The molecule has 2 aromatic heterocycles. The highest BCUT2D eigenvalue weighted by Gasteiger charge is 2.13. The van der Waals surface area contributed by atoms with Crippen molar-refractivity contribution in [2.24, 2.45) is 0 Å². The van der Waals surface area contributed by atoms with Gasteiger partial charge in [-0.2, -0.15) is 10.4 Å². The average molecular weight is 298 g/mol. The van der Waals surface area contributed by atoms with Crippen molar-refractivity contribution < 1.29 is 0 Å². The summed E-state index contributed by atoms with van der Waals surface area (Å²) in [6.45, 7) is 1.99. The lowest BCUT2D eigenvalue weighted by molar-refractivity contribution is 1.02. The number of aromatic nitrogens is 3. The number of hydrogen-bond acceptors (Lipinski definition) is 4. The first-order chi connectivity index (χ1) is 9.70. The quantitative estimate of drug-likeness (QED) is 0.731. The van der Waals surface area contributed by atoms with Crippen LogP contribution in [0.25, 0.3) is 16.4 Å². The Balaban J connectivity index is 2.29. The second-order valence-corrected chi connectivity index (χ2v) is 5.61. The molecular formula is C14H10N4S2. The molecule has 98 valence electrons. The lowest BCUT2D eigenvalue weighted by atomic mass is 10.1. The van der Waals surface area contributed by atoms with Crippen molar-refractivity contribution in [3.63, 3.8) is 0 Å². The first-order valence-corrected chi connectivity index (χ1v) is 7.22. The summed E-state index contributed by atoms with van der Waals surface area (Å²) in [5.41, 5.74) is 2.52. The maximum Gasteiger partial charge on any atom is 0.200 e. The van der Waals surface area contributed by atoms with Crippen LogP contribution >= 0.6 is 23.6 Å². The molecule has 0 radical (unpaired) electrons. The molecule has 0 atom stereocenters. The number of aryl methyl sites for hydroxylation is 1. The maximum absolute atomic E-state index is 9.07. The van der Waals surface area contributed by atoms with Gasteiger partial charge >= 0.3 is 0 Å². The molecule has 0 saturated heterocycles. The fourth-order valence-corrected chi connectivity index (χ4v) is 2.95. The van der Waals surface area contributed by atoms with Crippen LogP contribution in [0.4, 0.5) is 0 Å². The highest BCUT2D eigenvalue weighted by atomic mass is 32.1. The minimum Gasteiger partial charge on any atom is -0.267 e. The first kappa shape index (κ1) is 12.8. The molecule has 0 fully saturated rings. The molecule has 0 aliphatic carbocycles. The number of thiophene rings is 1. The molecule has 2 heterocycles. The third-order valence-electron chi connectivity index (χ3n) is 2.99. The van der Waals surface area contributed by atoms with Crippen molar-refractivity contribution in [1.29, 1.82) is 5.26 Å². The number of H-pyrrole nitrogens is 1. The van der Waals surface area contributed by atoms with Crippen LogP contribution in [0.1, 0.15) is 11.1 Å². The van der Waals surface area contributed by atoms with E-state index in [1.807, 2.05) is 41.1 Å². The molecule has 0 bridgehead atoms. The van der Waals surface area contributed by atoms with Gasteiger partial charge in [-0.1, -0.05) is 12.1 Å². The molecule has 0 spiro atoms. The van der Waals surface area contributed by atoms with Crippen molar-refractivity contribution in [1.82, 2.24) is 14.8 Å². The van der Waals surface area contributed by atoms with Gasteiger partial charge in [0.05, 0.1) is 22.2 Å². The predicted molar refractivity (Wildman–Crippen MR) is 81.5 cm³/mol. The van der Waals surface area contributed by atoms with Crippen LogP contribution in [0.5, 0.6) is 0 Å². The van der Waals surface area contributed by atoms with E-state index < -0.39 is 0 Å². The van der Waals surface area contributed by atoms with Crippen molar-refractivity contribution in [3.8, 4) is 22.5 Å². The molecule has 0 amide bonds. The number of nitriles is 1. The molecule has 0 aliphatic rings. The van der Waals surface area contributed by atoms with E-state index >= 15 is 0 Å². The van der Waals surface area contributed by atoms with Crippen LogP contribution in [-0.4, -0.2) is 14.8 Å². The molecule has 1 N–H and O–H groups in total. The minimum absolute atomic E-state index is 0.520. The van der Waals surface area contributed by atoms with Gasteiger partial charge in [0.15, 0.2) is 10.6 Å². The summed E-state index contributed by atoms with van der Waals surface area (Å²) in [4.78, 5) is 1.03. The zero-order valence-electron chi connectivity index (χ0n) is 10.6. The second-order valence-electron chi connectivity index (χ2n) is 4.28. The van der Waals surface area contributed by atoms with E-state index in [1.54, 1.807) is 17.4 Å². The van der Waals surface area contributed by atoms with E-state index in [-0.39, 0.29) is 0 Å². The molecule has 1 aromatic carbocycles. The minimum atomic E-state index is 0.520. The molecule has 6 heteroatoms. The van der Waals surface area contributed by atoms with Crippen LogP contribution in [0.3, 0.4) is 0 Å². The lowest BCUT2D eigenvalue weighted by Crippen LogP contribution is -2.00. The Labute approximate surface area is 124 Å². The van der Waals surface area contributed by atoms with Gasteiger partial charge in [-0.15, -0.1) is 11.3 Å². The highest BCUT2D eigenvalue weighted by molar-refractivity contribution is 7.71. The number of aromatic amines is 1. The van der Waals surface area contributed by atoms with Gasteiger partial charge in [-0.05, 0) is 48.3 Å². The van der Waals surface area contributed by atoms with Gasteiger partial charge < -0.3 is 0 Å². The largest absolute Gasteiger partial charge is 0.267 e. The fourth-order valence-electron chi connectivity index (χ4n) is 2.01. The third-order valence-corrected chi connectivity index (χ3v) is 4.13. The van der Waals surface area contributed by atoms with E-state index in [9.17, 15) is 0 Å². The summed E-state index contributed by atoms with van der Waals surface area (Å²) in [6, 6.07) is 11.7. The number of benzene rings is 1. The summed E-state index contributed by atoms with van der Waals surface area (Å²) < 4.78 is 2.39. The molecule has 3 aromatic rings. The van der Waals surface area contributed by atoms with Gasteiger partial charge in [-0.25, -0.2) is 0 Å². The lowest BCUT2D eigenvalue weighted by Gasteiger charge is -2.09. The Morgan fingerprint density at radius 1 is 1.40 bits per heavy atom. The number of nitrogens with one attached hydrogen (secondary N) is 1. The molecule has 20 heavy (non-hydrogen) atoms. The van der Waals surface area contributed by atoms with Gasteiger partial charge in [0, 0.05) is 0 Å². The topological polar surface area (TPSA) is 57.4 Å². The van der Waals surface area contributed by atoms with E-state index in [0.29, 0.717) is 10.3 Å². The number of rotatable bonds is 2. The van der Waals surface area contributed by atoms with Crippen molar-refractivity contribution in [2.45, 2.75) is 6.92 Å². The van der Waals surface area contributed by atoms with Crippen LogP contribution in [0.2, 0.25) is 0 Å². The van der Waals surface area contributed by atoms with Gasteiger partial charge in [-0.3, -0.25) is 9.67 Å². The average Bonchev–Trinajstić information content (AvgIpc) is 3.09. The molecule has 0 unspecified atom stereocenters. The zero-order valence-corrected chi connectivity index (χ0v) is 12.3. The Morgan fingerprint density at radius 3 is 2.95 bits per heavy atom. The van der Waals surface area contributed by atoms with E-state index in [2.05, 4.69) is 16.3 Å². The molecule has 0 saturated carbocycles. The summed E-state index contributed by atoms with van der Waals surface area (Å²) >= 11 is 6.93. The highest BCUT2D eigenvalue weighted by Crippen LogP contribution is 2.27.